The first kappa shape index (κ1) is 19.1. The van der Waals surface area contributed by atoms with E-state index in [-0.39, 0.29) is 18.4 Å². The van der Waals surface area contributed by atoms with Gasteiger partial charge in [-0.3, -0.25) is 14.5 Å². The first-order valence-electron chi connectivity index (χ1n) is 7.40. The van der Waals surface area contributed by atoms with Gasteiger partial charge >= 0.3 is 0 Å². The molecular weight excluding hydrogens is 318 g/mol. The van der Waals surface area contributed by atoms with Gasteiger partial charge in [-0.15, -0.1) is 12.4 Å². The molecule has 6 nitrogen and oxygen atoms in total. The van der Waals surface area contributed by atoms with Crippen LogP contribution in [0.2, 0.25) is 0 Å². The standard InChI is InChI=1S/C16H21N3O3.ClH/c1-12(20)15(18-22)16(21)17-14-7-9-19(10-8-14)11-13-5-3-2-4-6-13;/h2-6,14,22H,7-11H2,1H3,(H,17,21);1H/b18-15+;. The normalized spacial score (nSPS) is 16.5. The van der Waals surface area contributed by atoms with Crippen molar-refractivity contribution >= 4 is 29.8 Å². The summed E-state index contributed by atoms with van der Waals surface area (Å²) in [4.78, 5) is 25.3. The molecule has 0 unspecified atom stereocenters. The molecule has 0 atom stereocenters. The Kier molecular flexibility index (Phi) is 7.71. The number of carbonyl (C=O) groups excluding carboxylic acids is 2. The first-order valence-corrected chi connectivity index (χ1v) is 7.40. The number of amides is 1. The molecule has 126 valence electrons. The van der Waals surface area contributed by atoms with Gasteiger partial charge in [0, 0.05) is 32.6 Å². The zero-order valence-electron chi connectivity index (χ0n) is 13.1. The Morgan fingerprint density at radius 3 is 2.39 bits per heavy atom. The number of piperidine rings is 1. The average molecular weight is 340 g/mol. The third kappa shape index (κ3) is 5.65. The van der Waals surface area contributed by atoms with Gasteiger partial charge < -0.3 is 10.5 Å². The Morgan fingerprint density at radius 1 is 1.26 bits per heavy atom. The van der Waals surface area contributed by atoms with Crippen molar-refractivity contribution in [2.45, 2.75) is 32.4 Å². The Balaban J connectivity index is 0.00000264. The SMILES string of the molecule is CC(=O)/C(=N\O)C(=O)NC1CCN(Cc2ccccc2)CC1.Cl. The summed E-state index contributed by atoms with van der Waals surface area (Å²) in [6, 6.07) is 10.3. The van der Waals surface area contributed by atoms with Gasteiger partial charge in [0.1, 0.15) is 0 Å². The summed E-state index contributed by atoms with van der Waals surface area (Å²) in [5, 5.41) is 14.2. The number of hydrogen-bond acceptors (Lipinski definition) is 5. The zero-order chi connectivity index (χ0) is 15.9. The lowest BCUT2D eigenvalue weighted by Crippen LogP contribution is -2.47. The van der Waals surface area contributed by atoms with Crippen LogP contribution in [-0.4, -0.2) is 46.6 Å². The molecule has 1 aromatic rings. The van der Waals surface area contributed by atoms with Crippen molar-refractivity contribution in [3.05, 3.63) is 35.9 Å². The minimum atomic E-state index is -0.600. The van der Waals surface area contributed by atoms with Crippen LogP contribution in [-0.2, 0) is 16.1 Å². The maximum Gasteiger partial charge on any atom is 0.277 e. The highest BCUT2D eigenvalue weighted by molar-refractivity contribution is 6.65. The van der Waals surface area contributed by atoms with E-state index >= 15 is 0 Å². The number of nitrogens with zero attached hydrogens (tertiary/aromatic N) is 2. The largest absolute Gasteiger partial charge is 0.410 e. The predicted molar refractivity (Wildman–Crippen MR) is 90.0 cm³/mol. The highest BCUT2D eigenvalue weighted by atomic mass is 35.5. The molecule has 1 saturated heterocycles. The number of carbonyl (C=O) groups is 2. The molecule has 1 aliphatic rings. The minimum absolute atomic E-state index is 0. The van der Waals surface area contributed by atoms with E-state index in [9.17, 15) is 9.59 Å². The number of likely N-dealkylation sites (tertiary alicyclic amines) is 1. The van der Waals surface area contributed by atoms with Crippen molar-refractivity contribution in [2.75, 3.05) is 13.1 Å². The lowest BCUT2D eigenvalue weighted by Gasteiger charge is -2.32. The van der Waals surface area contributed by atoms with E-state index < -0.39 is 17.4 Å². The summed E-state index contributed by atoms with van der Waals surface area (Å²) in [7, 11) is 0. The van der Waals surface area contributed by atoms with Crippen LogP contribution >= 0.6 is 12.4 Å². The minimum Gasteiger partial charge on any atom is -0.410 e. The Bertz CT molecular complexity index is 555. The van der Waals surface area contributed by atoms with Crippen LogP contribution < -0.4 is 5.32 Å². The van der Waals surface area contributed by atoms with E-state index in [4.69, 9.17) is 5.21 Å². The number of benzene rings is 1. The fourth-order valence-corrected chi connectivity index (χ4v) is 2.61. The number of ketones is 1. The summed E-state index contributed by atoms with van der Waals surface area (Å²) in [6.45, 7) is 3.87. The maximum atomic E-state index is 11.8. The third-order valence-corrected chi connectivity index (χ3v) is 3.82. The van der Waals surface area contributed by atoms with E-state index in [1.54, 1.807) is 0 Å². The average Bonchev–Trinajstić information content (AvgIpc) is 2.50. The van der Waals surface area contributed by atoms with Crippen molar-refractivity contribution in [3.63, 3.8) is 0 Å². The van der Waals surface area contributed by atoms with Gasteiger partial charge in [-0.1, -0.05) is 35.5 Å². The van der Waals surface area contributed by atoms with Crippen LogP contribution in [0.15, 0.2) is 35.5 Å². The summed E-state index contributed by atoms with van der Waals surface area (Å²) in [5.74, 6) is -1.14. The van der Waals surface area contributed by atoms with Gasteiger partial charge in [0.15, 0.2) is 5.78 Å². The van der Waals surface area contributed by atoms with E-state index in [2.05, 4.69) is 27.5 Å². The van der Waals surface area contributed by atoms with Crippen LogP contribution in [0.4, 0.5) is 0 Å². The van der Waals surface area contributed by atoms with Gasteiger partial charge in [-0.05, 0) is 18.4 Å². The van der Waals surface area contributed by atoms with Crippen molar-refractivity contribution in [1.82, 2.24) is 10.2 Å². The van der Waals surface area contributed by atoms with Gasteiger partial charge in [0.2, 0.25) is 5.71 Å². The topological polar surface area (TPSA) is 82.0 Å². The maximum absolute atomic E-state index is 11.8. The van der Waals surface area contributed by atoms with Gasteiger partial charge in [-0.25, -0.2) is 0 Å². The molecule has 0 aliphatic carbocycles. The molecule has 23 heavy (non-hydrogen) atoms. The van der Waals surface area contributed by atoms with Crippen molar-refractivity contribution in [2.24, 2.45) is 5.16 Å². The van der Waals surface area contributed by atoms with E-state index in [1.165, 1.54) is 12.5 Å². The van der Waals surface area contributed by atoms with Gasteiger partial charge in [0.05, 0.1) is 0 Å². The van der Waals surface area contributed by atoms with E-state index in [1.807, 2.05) is 18.2 Å². The lowest BCUT2D eigenvalue weighted by molar-refractivity contribution is -0.118. The summed E-state index contributed by atoms with van der Waals surface area (Å²) < 4.78 is 0. The molecule has 0 bridgehead atoms. The highest BCUT2D eigenvalue weighted by Crippen LogP contribution is 2.13. The molecule has 7 heteroatoms. The second-order valence-corrected chi connectivity index (χ2v) is 5.51. The molecule has 0 aromatic heterocycles. The van der Waals surface area contributed by atoms with Crippen LogP contribution in [0.3, 0.4) is 0 Å². The van der Waals surface area contributed by atoms with Crippen molar-refractivity contribution < 1.29 is 14.8 Å². The van der Waals surface area contributed by atoms with Crippen LogP contribution in [0.5, 0.6) is 0 Å². The van der Waals surface area contributed by atoms with Crippen molar-refractivity contribution in [3.8, 4) is 0 Å². The number of hydrogen-bond donors (Lipinski definition) is 2. The highest BCUT2D eigenvalue weighted by Gasteiger charge is 2.24. The monoisotopic (exact) mass is 339 g/mol. The van der Waals surface area contributed by atoms with Gasteiger partial charge in [-0.2, -0.15) is 0 Å². The predicted octanol–water partition coefficient (Wildman–Crippen LogP) is 1.61. The molecule has 1 amide bonds. The molecule has 1 aromatic carbocycles. The molecule has 2 rings (SSSR count). The molecule has 0 radical (unpaired) electrons. The number of halogens is 1. The Morgan fingerprint density at radius 2 is 1.87 bits per heavy atom. The van der Waals surface area contributed by atoms with Crippen LogP contribution in [0, 0.1) is 0 Å². The van der Waals surface area contributed by atoms with E-state index in [0.29, 0.717) is 0 Å². The fraction of sp³-hybridized carbons (Fsp3) is 0.438. The molecule has 1 fully saturated rings. The third-order valence-electron chi connectivity index (χ3n) is 3.82. The van der Waals surface area contributed by atoms with Gasteiger partial charge in [0.25, 0.3) is 5.91 Å². The second-order valence-electron chi connectivity index (χ2n) is 5.51. The molecule has 1 aliphatic heterocycles. The second kappa shape index (κ2) is 9.27. The smallest absolute Gasteiger partial charge is 0.277 e. The molecular formula is C16H22ClN3O3. The molecule has 0 saturated carbocycles. The Labute approximate surface area is 142 Å². The van der Waals surface area contributed by atoms with Crippen LogP contribution in [0.25, 0.3) is 0 Å². The Hall–Kier alpha value is -1.92. The molecule has 2 N–H and O–H groups in total. The lowest BCUT2D eigenvalue weighted by atomic mass is 10.0. The molecule has 0 spiro atoms. The van der Waals surface area contributed by atoms with E-state index in [0.717, 1.165) is 32.5 Å². The number of rotatable bonds is 5. The quantitative estimate of drug-likeness (QED) is 0.369. The van der Waals surface area contributed by atoms with Crippen LogP contribution in [0.1, 0.15) is 25.3 Å². The summed E-state index contributed by atoms with van der Waals surface area (Å²) in [6.07, 6.45) is 1.63. The zero-order valence-corrected chi connectivity index (χ0v) is 13.9. The summed E-state index contributed by atoms with van der Waals surface area (Å²) in [5.41, 5.74) is 0.836. The fourth-order valence-electron chi connectivity index (χ4n) is 2.61. The molecule has 1 heterocycles. The first-order chi connectivity index (χ1) is 10.6. The number of Topliss-reactive ketones (excluding diaryl/α,β-unsaturated/α-hetero) is 1. The summed E-state index contributed by atoms with van der Waals surface area (Å²) >= 11 is 0. The number of nitrogens with one attached hydrogen (secondary N) is 1. The number of oxime groups is 1. The van der Waals surface area contributed by atoms with Crippen molar-refractivity contribution in [1.29, 1.82) is 0 Å².